The standard InChI is InChI=1S/C53H40BN5/c1-5-6-9-19-34(2)56-44-27-16-14-24-37(44)38-30-41-40(31-47(38)56)53(3,4)39-25-18-29-46-51(39)54(41)42-32-49-50(33-48(42)57(46)35-20-10-7-11-21-35)58(36-22-12-8-13-23-36)52-55-43-26-15-17-28-45(43)59(49)52/h5-33H,1H2,2-4H3/b9-6-,34-19+. The van der Waals surface area contributed by atoms with Crippen LogP contribution in [0.3, 0.4) is 0 Å². The summed E-state index contributed by atoms with van der Waals surface area (Å²) in [6.07, 6.45) is 8.07. The van der Waals surface area contributed by atoms with Gasteiger partial charge in [0, 0.05) is 44.6 Å². The van der Waals surface area contributed by atoms with E-state index in [0.717, 1.165) is 44.9 Å². The fourth-order valence-corrected chi connectivity index (χ4v) is 10.5. The minimum atomic E-state index is -0.276. The van der Waals surface area contributed by atoms with Crippen LogP contribution in [0.15, 0.2) is 183 Å². The maximum absolute atomic E-state index is 5.29. The van der Waals surface area contributed by atoms with Crippen LogP contribution >= 0.6 is 0 Å². The highest BCUT2D eigenvalue weighted by Gasteiger charge is 2.46. The molecular formula is C53H40BN5. The van der Waals surface area contributed by atoms with Gasteiger partial charge in [-0.05, 0) is 102 Å². The lowest BCUT2D eigenvalue weighted by atomic mass is 9.30. The topological polar surface area (TPSA) is 30.4 Å². The summed E-state index contributed by atoms with van der Waals surface area (Å²) < 4.78 is 7.14. The molecule has 0 radical (unpaired) electrons. The average Bonchev–Trinajstić information content (AvgIpc) is 3.91. The predicted molar refractivity (Wildman–Crippen MR) is 250 cm³/mol. The number of hydrogen-bond acceptors (Lipinski definition) is 2. The fourth-order valence-electron chi connectivity index (χ4n) is 10.5. The SMILES string of the molecule is C=C/C=C\C=C(/C)n1c2ccccc2c2cc3c(cc21)C(C)(C)c1cccc2c1B3c1cc3c(cc1N2c1ccccc1)n(-c1ccccc1)c1nc2ccccc2n31. The maximum Gasteiger partial charge on any atom is 0.247 e. The van der Waals surface area contributed by atoms with Gasteiger partial charge in [0.1, 0.15) is 0 Å². The highest BCUT2D eigenvalue weighted by molar-refractivity contribution is 6.99. The lowest BCUT2D eigenvalue weighted by Gasteiger charge is -2.45. The van der Waals surface area contributed by atoms with E-state index in [4.69, 9.17) is 4.98 Å². The van der Waals surface area contributed by atoms with Gasteiger partial charge in [0.25, 0.3) is 0 Å². The van der Waals surface area contributed by atoms with E-state index in [1.54, 1.807) is 0 Å². The Hall–Kier alpha value is -7.31. The van der Waals surface area contributed by atoms with E-state index in [2.05, 4.69) is 210 Å². The number of imidazole rings is 2. The van der Waals surface area contributed by atoms with E-state index >= 15 is 0 Å². The minimum Gasteiger partial charge on any atom is -0.313 e. The quantitative estimate of drug-likeness (QED) is 0.129. The van der Waals surface area contributed by atoms with Crippen LogP contribution in [-0.2, 0) is 5.41 Å². The van der Waals surface area contributed by atoms with Crippen molar-refractivity contribution in [3.05, 3.63) is 194 Å². The number of aromatic nitrogens is 4. The van der Waals surface area contributed by atoms with E-state index < -0.39 is 0 Å². The van der Waals surface area contributed by atoms with Crippen LogP contribution in [-0.4, -0.2) is 25.2 Å². The van der Waals surface area contributed by atoms with Crippen molar-refractivity contribution >= 4 is 95.5 Å². The summed E-state index contributed by atoms with van der Waals surface area (Å²) in [5, 5.41) is 2.52. The summed E-state index contributed by atoms with van der Waals surface area (Å²) in [4.78, 5) is 7.79. The second-order valence-electron chi connectivity index (χ2n) is 16.5. The Labute approximate surface area is 343 Å². The van der Waals surface area contributed by atoms with Crippen molar-refractivity contribution in [1.29, 1.82) is 0 Å². The van der Waals surface area contributed by atoms with Gasteiger partial charge in [0.2, 0.25) is 12.5 Å². The zero-order valence-corrected chi connectivity index (χ0v) is 33.3. The molecule has 3 aromatic heterocycles. The first kappa shape index (κ1) is 33.8. The minimum absolute atomic E-state index is 0.00725. The van der Waals surface area contributed by atoms with Crippen molar-refractivity contribution in [3.63, 3.8) is 0 Å². The third-order valence-electron chi connectivity index (χ3n) is 13.0. The molecule has 0 unspecified atom stereocenters. The van der Waals surface area contributed by atoms with Crippen molar-refractivity contribution in [1.82, 2.24) is 18.5 Å². The second kappa shape index (κ2) is 12.3. The summed E-state index contributed by atoms with van der Waals surface area (Å²) in [5.74, 6) is 0.908. The lowest BCUT2D eigenvalue weighted by molar-refractivity contribution is 0.646. The Morgan fingerprint density at radius 1 is 0.610 bits per heavy atom. The average molecular weight is 758 g/mol. The lowest BCUT2D eigenvalue weighted by Crippen LogP contribution is -2.64. The largest absolute Gasteiger partial charge is 0.313 e. The Morgan fingerprint density at radius 2 is 1.34 bits per heavy atom. The van der Waals surface area contributed by atoms with Gasteiger partial charge >= 0.3 is 0 Å². The van der Waals surface area contributed by atoms with Crippen LogP contribution in [0.2, 0.25) is 0 Å². The van der Waals surface area contributed by atoms with E-state index in [9.17, 15) is 0 Å². The molecule has 0 bridgehead atoms. The molecule has 0 fully saturated rings. The maximum atomic E-state index is 5.29. The molecule has 2 aliphatic rings. The first-order chi connectivity index (χ1) is 28.9. The van der Waals surface area contributed by atoms with Gasteiger partial charge in [-0.15, -0.1) is 0 Å². The highest BCUT2D eigenvalue weighted by atomic mass is 15.2. The van der Waals surface area contributed by atoms with Crippen LogP contribution in [0.25, 0.3) is 61.0 Å². The zero-order valence-electron chi connectivity index (χ0n) is 33.3. The van der Waals surface area contributed by atoms with Crippen LogP contribution < -0.4 is 21.3 Å². The van der Waals surface area contributed by atoms with Gasteiger partial charge < -0.3 is 9.47 Å². The van der Waals surface area contributed by atoms with Crippen LogP contribution in [0.1, 0.15) is 31.9 Å². The zero-order chi connectivity index (χ0) is 39.6. The Kier molecular flexibility index (Phi) is 7.07. The molecule has 0 saturated carbocycles. The molecule has 59 heavy (non-hydrogen) atoms. The molecule has 0 N–H and O–H groups in total. The van der Waals surface area contributed by atoms with Crippen molar-refractivity contribution in [2.45, 2.75) is 26.2 Å². The molecule has 0 amide bonds. The van der Waals surface area contributed by atoms with Gasteiger partial charge in [-0.3, -0.25) is 8.97 Å². The molecular weight excluding hydrogens is 717 g/mol. The van der Waals surface area contributed by atoms with Crippen LogP contribution in [0.4, 0.5) is 17.1 Å². The van der Waals surface area contributed by atoms with Gasteiger partial charge in [0.15, 0.2) is 0 Å². The first-order valence-corrected chi connectivity index (χ1v) is 20.5. The molecule has 0 saturated heterocycles. The van der Waals surface area contributed by atoms with Crippen LogP contribution in [0.5, 0.6) is 0 Å². The molecule has 280 valence electrons. The fraction of sp³-hybridized carbons (Fsp3) is 0.0755. The number of allylic oxidation sites excluding steroid dienone is 5. The molecule has 6 heteroatoms. The number of rotatable bonds is 5. The van der Waals surface area contributed by atoms with E-state index in [0.29, 0.717) is 0 Å². The smallest absolute Gasteiger partial charge is 0.247 e. The molecule has 10 aromatic rings. The van der Waals surface area contributed by atoms with E-state index in [-0.39, 0.29) is 12.1 Å². The van der Waals surface area contributed by atoms with Crippen molar-refractivity contribution < 1.29 is 0 Å². The number of para-hydroxylation sites is 5. The number of benzene rings is 7. The Balaban J connectivity index is 1.23. The van der Waals surface area contributed by atoms with Crippen molar-refractivity contribution in [2.24, 2.45) is 0 Å². The molecule has 0 aliphatic carbocycles. The Bertz CT molecular complexity index is 3450. The summed E-state index contributed by atoms with van der Waals surface area (Å²) in [5.41, 5.74) is 19.0. The number of nitrogens with zero attached hydrogens (tertiary/aromatic N) is 5. The van der Waals surface area contributed by atoms with Crippen molar-refractivity contribution in [2.75, 3.05) is 4.90 Å². The first-order valence-electron chi connectivity index (χ1n) is 20.5. The highest BCUT2D eigenvalue weighted by Crippen LogP contribution is 2.45. The third-order valence-corrected chi connectivity index (χ3v) is 13.0. The van der Waals surface area contributed by atoms with Crippen LogP contribution in [0, 0.1) is 0 Å². The molecule has 12 rings (SSSR count). The molecule has 7 aromatic carbocycles. The number of fused-ring (bicyclic) bond motifs is 12. The van der Waals surface area contributed by atoms with Gasteiger partial charge in [-0.2, -0.15) is 0 Å². The second-order valence-corrected chi connectivity index (χ2v) is 16.5. The number of anilines is 3. The molecule has 0 atom stereocenters. The molecule has 0 spiro atoms. The van der Waals surface area contributed by atoms with Gasteiger partial charge in [0.05, 0.1) is 33.1 Å². The molecule has 5 heterocycles. The monoisotopic (exact) mass is 757 g/mol. The summed E-state index contributed by atoms with van der Waals surface area (Å²) in [6.45, 7) is 10.9. The van der Waals surface area contributed by atoms with Gasteiger partial charge in [-0.1, -0.05) is 129 Å². The third kappa shape index (κ3) is 4.60. The summed E-state index contributed by atoms with van der Waals surface area (Å²) in [7, 11) is 0. The number of hydrogen-bond donors (Lipinski definition) is 0. The summed E-state index contributed by atoms with van der Waals surface area (Å²) >= 11 is 0. The van der Waals surface area contributed by atoms with E-state index in [1.165, 1.54) is 60.7 Å². The van der Waals surface area contributed by atoms with E-state index in [1.807, 2.05) is 12.2 Å². The van der Waals surface area contributed by atoms with Gasteiger partial charge in [-0.25, -0.2) is 4.98 Å². The predicted octanol–water partition coefficient (Wildman–Crippen LogP) is 11.1. The summed E-state index contributed by atoms with van der Waals surface area (Å²) in [6, 6.07) is 55.8. The van der Waals surface area contributed by atoms with Crippen molar-refractivity contribution in [3.8, 4) is 5.69 Å². The normalized spacial score (nSPS) is 14.5. The Morgan fingerprint density at radius 3 is 2.14 bits per heavy atom. The molecule has 2 aliphatic heterocycles. The molecule has 5 nitrogen and oxygen atoms in total.